The summed E-state index contributed by atoms with van der Waals surface area (Å²) in [6.07, 6.45) is 21.9. The van der Waals surface area contributed by atoms with E-state index in [1.165, 1.54) is 63.8 Å². The van der Waals surface area contributed by atoms with Gasteiger partial charge in [-0.1, -0.05) is 106 Å². The molecule has 5 unspecified atom stereocenters. The normalized spacial score (nSPS) is 36.9. The van der Waals surface area contributed by atoms with Crippen molar-refractivity contribution in [3.05, 3.63) is 43.0 Å². The summed E-state index contributed by atoms with van der Waals surface area (Å²) < 4.78 is 0. The molecule has 0 N–H and O–H groups in total. The molecule has 5 atom stereocenters. The minimum absolute atomic E-state index is 1.04. The van der Waals surface area contributed by atoms with Gasteiger partial charge in [0.2, 0.25) is 0 Å². The van der Waals surface area contributed by atoms with Crippen LogP contribution in [0, 0.1) is 23.7 Å². The maximum Gasteiger partial charge on any atom is 0.0936 e. The van der Waals surface area contributed by atoms with Crippen LogP contribution in [0.2, 0.25) is 17.1 Å². The lowest BCUT2D eigenvalue weighted by atomic mass is 9.73. The van der Waals surface area contributed by atoms with Crippen molar-refractivity contribution in [3.8, 4) is 0 Å². The van der Waals surface area contributed by atoms with Crippen LogP contribution in [0.1, 0.15) is 83.5 Å². The molecule has 4 fully saturated rings. The molecule has 1 aromatic rings. The molecule has 0 radical (unpaired) electrons. The second-order valence-corrected chi connectivity index (χ2v) is 15.6. The molecule has 158 valence electrons. The van der Waals surface area contributed by atoms with Crippen molar-refractivity contribution in [1.29, 1.82) is 0 Å². The lowest BCUT2D eigenvalue weighted by molar-refractivity contribution is 0.184. The van der Waals surface area contributed by atoms with E-state index in [4.69, 9.17) is 0 Å². The van der Waals surface area contributed by atoms with Crippen molar-refractivity contribution < 1.29 is 0 Å². The van der Waals surface area contributed by atoms with Crippen LogP contribution in [0.3, 0.4) is 0 Å². The molecule has 1 heteroatoms. The second kappa shape index (κ2) is 8.73. The molecule has 0 aromatic heterocycles. The highest BCUT2D eigenvalue weighted by Gasteiger charge is 2.61. The van der Waals surface area contributed by atoms with Gasteiger partial charge >= 0.3 is 0 Å². The first-order valence-corrected chi connectivity index (χ1v) is 15.4. The van der Waals surface area contributed by atoms with Crippen LogP contribution in [-0.2, 0) is 0 Å². The van der Waals surface area contributed by atoms with Gasteiger partial charge in [0, 0.05) is 0 Å². The first kappa shape index (κ1) is 20.1. The topological polar surface area (TPSA) is 0 Å². The number of fused-ring (bicyclic) bond motifs is 3. The van der Waals surface area contributed by atoms with E-state index in [2.05, 4.69) is 43.0 Å². The Labute approximate surface area is 180 Å². The fourth-order valence-corrected chi connectivity index (χ4v) is 16.9. The summed E-state index contributed by atoms with van der Waals surface area (Å²) in [7, 11) is -1.61. The van der Waals surface area contributed by atoms with Crippen LogP contribution in [-0.4, -0.2) is 8.07 Å². The van der Waals surface area contributed by atoms with Crippen molar-refractivity contribution in [2.75, 3.05) is 0 Å². The smallest absolute Gasteiger partial charge is 0.0936 e. The molecular weight excluding hydrogens is 364 g/mol. The molecule has 5 rings (SSSR count). The zero-order valence-corrected chi connectivity index (χ0v) is 19.5. The third-order valence-electron chi connectivity index (χ3n) is 9.97. The highest BCUT2D eigenvalue weighted by molar-refractivity contribution is 6.94. The van der Waals surface area contributed by atoms with Crippen LogP contribution < -0.4 is 5.19 Å². The number of hydrogen-bond acceptors (Lipinski definition) is 0. The third-order valence-corrected chi connectivity index (χ3v) is 16.6. The van der Waals surface area contributed by atoms with Crippen LogP contribution in [0.5, 0.6) is 0 Å². The molecule has 0 aliphatic heterocycles. The Morgan fingerprint density at radius 3 is 1.79 bits per heavy atom. The Hall–Kier alpha value is -0.823. The molecule has 0 spiro atoms. The van der Waals surface area contributed by atoms with Crippen molar-refractivity contribution in [1.82, 2.24) is 0 Å². The van der Waals surface area contributed by atoms with Gasteiger partial charge in [0.05, 0.1) is 8.07 Å². The van der Waals surface area contributed by atoms with Crippen LogP contribution >= 0.6 is 0 Å². The average Bonchev–Trinajstić information content (AvgIpc) is 3.43. The number of rotatable bonds is 6. The summed E-state index contributed by atoms with van der Waals surface area (Å²) in [6, 6.07) is 13.6. The quantitative estimate of drug-likeness (QED) is 0.333. The molecule has 0 amide bonds. The summed E-state index contributed by atoms with van der Waals surface area (Å²) in [5, 5.41) is 1.84. The van der Waals surface area contributed by atoms with E-state index in [-0.39, 0.29) is 0 Å². The van der Waals surface area contributed by atoms with Crippen LogP contribution in [0.4, 0.5) is 0 Å². The van der Waals surface area contributed by atoms with Crippen molar-refractivity contribution in [2.45, 2.75) is 101 Å². The average molecular weight is 407 g/mol. The molecule has 29 heavy (non-hydrogen) atoms. The lowest BCUT2D eigenvalue weighted by Gasteiger charge is -2.49. The Bertz CT molecular complexity index is 653. The maximum atomic E-state index is 4.20. The summed E-state index contributed by atoms with van der Waals surface area (Å²) in [6.45, 7) is 4.20. The minimum atomic E-state index is -1.61. The van der Waals surface area contributed by atoms with Gasteiger partial charge < -0.3 is 0 Å². The van der Waals surface area contributed by atoms with Gasteiger partial charge in [0.1, 0.15) is 0 Å². The molecule has 1 aromatic carbocycles. The van der Waals surface area contributed by atoms with Gasteiger partial charge in [-0.05, 0) is 60.1 Å². The van der Waals surface area contributed by atoms with E-state index in [9.17, 15) is 0 Å². The SMILES string of the molecule is C=CCC[Si](c1ccccc1)(C1CCCC1)C1C2CCCCC2C2CCCCC21. The van der Waals surface area contributed by atoms with Gasteiger partial charge in [-0.25, -0.2) is 0 Å². The molecule has 4 saturated carbocycles. The van der Waals surface area contributed by atoms with Crippen LogP contribution in [0.15, 0.2) is 43.0 Å². The second-order valence-electron chi connectivity index (χ2n) is 11.0. The van der Waals surface area contributed by atoms with Crippen LogP contribution in [0.25, 0.3) is 0 Å². The van der Waals surface area contributed by atoms with Gasteiger partial charge in [-0.15, -0.1) is 6.58 Å². The number of benzene rings is 1. The highest BCUT2D eigenvalue weighted by atomic mass is 28.3. The summed E-state index contributed by atoms with van der Waals surface area (Å²) >= 11 is 0. The van der Waals surface area contributed by atoms with E-state index >= 15 is 0 Å². The Morgan fingerprint density at radius 2 is 1.24 bits per heavy atom. The van der Waals surface area contributed by atoms with Crippen molar-refractivity contribution in [3.63, 3.8) is 0 Å². The fraction of sp³-hybridized carbons (Fsp3) is 0.714. The van der Waals surface area contributed by atoms with Gasteiger partial charge in [-0.3, -0.25) is 0 Å². The number of allylic oxidation sites excluding steroid dienone is 1. The lowest BCUT2D eigenvalue weighted by Crippen LogP contribution is -2.58. The van der Waals surface area contributed by atoms with Gasteiger partial charge in [0.25, 0.3) is 0 Å². The molecule has 0 nitrogen and oxygen atoms in total. The maximum absolute atomic E-state index is 4.20. The third kappa shape index (κ3) is 3.40. The summed E-state index contributed by atoms with van der Waals surface area (Å²) in [5.41, 5.74) is 2.11. The first-order valence-electron chi connectivity index (χ1n) is 13.0. The van der Waals surface area contributed by atoms with Crippen molar-refractivity contribution >= 4 is 13.3 Å². The Kier molecular flexibility index (Phi) is 6.05. The monoisotopic (exact) mass is 406 g/mol. The highest BCUT2D eigenvalue weighted by Crippen LogP contribution is 2.66. The van der Waals surface area contributed by atoms with E-state index in [0.29, 0.717) is 0 Å². The Balaban J connectivity index is 1.65. The molecule has 0 bridgehead atoms. The van der Waals surface area contributed by atoms with E-state index in [1.54, 1.807) is 25.7 Å². The zero-order chi connectivity index (χ0) is 19.7. The fourth-order valence-electron chi connectivity index (χ4n) is 9.16. The summed E-state index contributed by atoms with van der Waals surface area (Å²) in [4.78, 5) is 0. The zero-order valence-electron chi connectivity index (χ0n) is 18.5. The molecule has 4 aliphatic carbocycles. The molecule has 4 aliphatic rings. The van der Waals surface area contributed by atoms with E-state index in [0.717, 1.165) is 34.8 Å². The van der Waals surface area contributed by atoms with E-state index in [1.807, 2.05) is 5.19 Å². The number of hydrogen-bond donors (Lipinski definition) is 0. The molecular formula is C28H42Si. The summed E-state index contributed by atoms with van der Waals surface area (Å²) in [5.74, 6) is 4.29. The predicted molar refractivity (Wildman–Crippen MR) is 128 cm³/mol. The molecule has 0 saturated heterocycles. The largest absolute Gasteiger partial charge is 0.103 e. The molecule has 0 heterocycles. The van der Waals surface area contributed by atoms with Gasteiger partial charge in [-0.2, -0.15) is 0 Å². The predicted octanol–water partition coefficient (Wildman–Crippen LogP) is 7.86. The first-order chi connectivity index (χ1) is 14.4. The standard InChI is InChI=1S/C28H42Si/c1-2-3-21-29(23-15-7-8-16-23,22-13-5-4-6-14-22)28-26-19-11-9-17-24(26)25-18-10-12-20-27(25)28/h2,4-6,13-14,23-28H,1,3,7-12,15-21H2. The van der Waals surface area contributed by atoms with Crippen molar-refractivity contribution in [2.24, 2.45) is 23.7 Å². The van der Waals surface area contributed by atoms with Gasteiger partial charge in [0.15, 0.2) is 0 Å². The Morgan fingerprint density at radius 1 is 0.724 bits per heavy atom. The minimum Gasteiger partial charge on any atom is -0.103 e. The van der Waals surface area contributed by atoms with E-state index < -0.39 is 8.07 Å².